The van der Waals surface area contributed by atoms with Crippen LogP contribution in [0.3, 0.4) is 0 Å². The Balaban J connectivity index is 2.84. The molecule has 1 heterocycles. The van der Waals surface area contributed by atoms with E-state index < -0.39 is 13.4 Å². The molecule has 86 valence electrons. The monoisotopic (exact) mass is 249 g/mol. The van der Waals surface area contributed by atoms with Gasteiger partial charge in [-0.1, -0.05) is 6.07 Å². The molecule has 1 atom stereocenters. The summed E-state index contributed by atoms with van der Waals surface area (Å²) in [6.45, 7) is 4.20. The molecule has 0 amide bonds. The minimum Gasteiger partial charge on any atom is -0.313 e. The molecule has 0 bridgehead atoms. The SMILES string of the molecule is CCOP(=O)(OCC)C(N)c1cccs1. The maximum atomic E-state index is 12.2. The predicted octanol–water partition coefficient (Wildman–Crippen LogP) is 2.97. The van der Waals surface area contributed by atoms with E-state index in [1.807, 2.05) is 17.5 Å². The molecule has 0 saturated carbocycles. The molecule has 1 aromatic heterocycles. The van der Waals surface area contributed by atoms with Gasteiger partial charge in [0.2, 0.25) is 0 Å². The quantitative estimate of drug-likeness (QED) is 0.787. The number of thiophene rings is 1. The molecule has 0 aliphatic heterocycles. The van der Waals surface area contributed by atoms with Gasteiger partial charge in [-0.2, -0.15) is 0 Å². The summed E-state index contributed by atoms with van der Waals surface area (Å²) in [5.41, 5.74) is 5.89. The van der Waals surface area contributed by atoms with E-state index in [1.54, 1.807) is 13.8 Å². The fourth-order valence-corrected chi connectivity index (χ4v) is 3.87. The van der Waals surface area contributed by atoms with Crippen LogP contribution in [-0.4, -0.2) is 13.2 Å². The van der Waals surface area contributed by atoms with Crippen molar-refractivity contribution in [3.8, 4) is 0 Å². The summed E-state index contributed by atoms with van der Waals surface area (Å²) in [5.74, 6) is -0.683. The highest BCUT2D eigenvalue weighted by atomic mass is 32.1. The van der Waals surface area contributed by atoms with Gasteiger partial charge in [-0.25, -0.2) is 0 Å². The zero-order valence-corrected chi connectivity index (χ0v) is 10.6. The lowest BCUT2D eigenvalue weighted by atomic mass is 10.5. The van der Waals surface area contributed by atoms with E-state index in [1.165, 1.54) is 11.3 Å². The van der Waals surface area contributed by atoms with Crippen molar-refractivity contribution in [2.75, 3.05) is 13.2 Å². The summed E-state index contributed by atoms with van der Waals surface area (Å²) in [7, 11) is -3.21. The zero-order chi connectivity index (χ0) is 11.3. The first kappa shape index (κ1) is 12.9. The lowest BCUT2D eigenvalue weighted by Crippen LogP contribution is -2.13. The second-order valence-electron chi connectivity index (χ2n) is 2.84. The molecule has 0 spiro atoms. The largest absolute Gasteiger partial charge is 0.352 e. The Hall–Kier alpha value is -0.190. The first-order valence-electron chi connectivity index (χ1n) is 4.81. The van der Waals surface area contributed by atoms with Crippen LogP contribution in [0, 0.1) is 0 Å². The number of hydrogen-bond acceptors (Lipinski definition) is 5. The Morgan fingerprint density at radius 2 is 2.07 bits per heavy atom. The van der Waals surface area contributed by atoms with E-state index in [9.17, 15) is 4.57 Å². The Morgan fingerprint density at radius 3 is 2.47 bits per heavy atom. The second kappa shape index (κ2) is 5.77. The summed E-state index contributed by atoms with van der Waals surface area (Å²) >= 11 is 1.45. The molecule has 0 saturated heterocycles. The van der Waals surface area contributed by atoms with E-state index in [4.69, 9.17) is 14.8 Å². The molecule has 15 heavy (non-hydrogen) atoms. The van der Waals surface area contributed by atoms with E-state index in [0.717, 1.165) is 4.88 Å². The third kappa shape index (κ3) is 3.13. The van der Waals surface area contributed by atoms with Crippen molar-refractivity contribution < 1.29 is 13.6 Å². The highest BCUT2D eigenvalue weighted by Crippen LogP contribution is 2.58. The Bertz CT molecular complexity index is 318. The first-order valence-corrected chi connectivity index (χ1v) is 7.31. The van der Waals surface area contributed by atoms with Crippen LogP contribution in [0.5, 0.6) is 0 Å². The van der Waals surface area contributed by atoms with Crippen LogP contribution in [0.4, 0.5) is 0 Å². The molecule has 0 aliphatic carbocycles. The predicted molar refractivity (Wildman–Crippen MR) is 62.1 cm³/mol. The molecule has 0 aromatic carbocycles. The average molecular weight is 249 g/mol. The van der Waals surface area contributed by atoms with Gasteiger partial charge in [-0.15, -0.1) is 11.3 Å². The van der Waals surface area contributed by atoms with Gasteiger partial charge in [0.25, 0.3) is 0 Å². The highest BCUT2D eigenvalue weighted by Gasteiger charge is 2.34. The van der Waals surface area contributed by atoms with Gasteiger partial charge < -0.3 is 14.8 Å². The molecule has 1 unspecified atom stereocenters. The fraction of sp³-hybridized carbons (Fsp3) is 0.556. The van der Waals surface area contributed by atoms with Crippen LogP contribution in [0.2, 0.25) is 0 Å². The third-order valence-corrected chi connectivity index (χ3v) is 5.12. The normalized spacial score (nSPS) is 14.1. The van der Waals surface area contributed by atoms with Crippen LogP contribution in [0.25, 0.3) is 0 Å². The number of rotatable bonds is 6. The molecular formula is C9H16NO3PS. The molecule has 0 radical (unpaired) electrons. The highest BCUT2D eigenvalue weighted by molar-refractivity contribution is 7.54. The van der Waals surface area contributed by atoms with Gasteiger partial charge in [0.05, 0.1) is 13.2 Å². The Kier molecular flexibility index (Phi) is 4.96. The van der Waals surface area contributed by atoms with Crippen LogP contribution >= 0.6 is 18.9 Å². The van der Waals surface area contributed by atoms with Gasteiger partial charge in [-0.05, 0) is 25.3 Å². The number of hydrogen-bond donors (Lipinski definition) is 1. The summed E-state index contributed by atoms with van der Waals surface area (Å²) in [6.07, 6.45) is 0. The van der Waals surface area contributed by atoms with Gasteiger partial charge >= 0.3 is 7.60 Å². The van der Waals surface area contributed by atoms with Crippen molar-refractivity contribution in [1.29, 1.82) is 0 Å². The van der Waals surface area contributed by atoms with Crippen LogP contribution in [0.1, 0.15) is 24.5 Å². The van der Waals surface area contributed by atoms with Crippen LogP contribution in [0.15, 0.2) is 17.5 Å². The van der Waals surface area contributed by atoms with Crippen LogP contribution < -0.4 is 5.73 Å². The van der Waals surface area contributed by atoms with Crippen molar-refractivity contribution in [2.45, 2.75) is 19.6 Å². The van der Waals surface area contributed by atoms with Gasteiger partial charge in [0.1, 0.15) is 5.78 Å². The van der Waals surface area contributed by atoms with Crippen molar-refractivity contribution in [3.63, 3.8) is 0 Å². The van der Waals surface area contributed by atoms with Crippen LogP contribution in [-0.2, 0) is 13.6 Å². The molecule has 1 rings (SSSR count). The molecule has 6 heteroatoms. The number of nitrogens with two attached hydrogens (primary N) is 1. The van der Waals surface area contributed by atoms with Crippen molar-refractivity contribution in [3.05, 3.63) is 22.4 Å². The van der Waals surface area contributed by atoms with E-state index in [0.29, 0.717) is 13.2 Å². The summed E-state index contributed by atoms with van der Waals surface area (Å²) in [4.78, 5) is 0.820. The van der Waals surface area contributed by atoms with E-state index in [2.05, 4.69) is 0 Å². The second-order valence-corrected chi connectivity index (χ2v) is 5.97. The maximum Gasteiger partial charge on any atom is 0.352 e. The molecule has 0 aliphatic rings. The molecule has 2 N–H and O–H groups in total. The molecule has 4 nitrogen and oxygen atoms in total. The summed E-state index contributed by atoms with van der Waals surface area (Å²) in [5, 5.41) is 1.89. The molecule has 1 aromatic rings. The Labute approximate surface area is 93.9 Å². The Morgan fingerprint density at radius 1 is 1.47 bits per heavy atom. The zero-order valence-electron chi connectivity index (χ0n) is 8.88. The maximum absolute atomic E-state index is 12.2. The smallest absolute Gasteiger partial charge is 0.313 e. The van der Waals surface area contributed by atoms with Crippen molar-refractivity contribution in [1.82, 2.24) is 0 Å². The average Bonchev–Trinajstić information content (AvgIpc) is 2.70. The lowest BCUT2D eigenvalue weighted by molar-refractivity contribution is 0.212. The van der Waals surface area contributed by atoms with Gasteiger partial charge in [0.15, 0.2) is 0 Å². The minimum atomic E-state index is -3.21. The lowest BCUT2D eigenvalue weighted by Gasteiger charge is -2.22. The third-order valence-electron chi connectivity index (χ3n) is 1.79. The topological polar surface area (TPSA) is 61.5 Å². The first-order chi connectivity index (χ1) is 7.14. The summed E-state index contributed by atoms with van der Waals surface area (Å²) < 4.78 is 22.6. The van der Waals surface area contributed by atoms with E-state index >= 15 is 0 Å². The molecule has 0 fully saturated rings. The standard InChI is InChI=1S/C9H16NO3PS/c1-3-12-14(11,13-4-2)9(10)8-6-5-7-15-8/h5-7,9H,3-4,10H2,1-2H3. The van der Waals surface area contributed by atoms with Gasteiger partial charge in [-0.3, -0.25) is 4.57 Å². The minimum absolute atomic E-state index is 0.330. The van der Waals surface area contributed by atoms with Crippen molar-refractivity contribution in [2.24, 2.45) is 5.73 Å². The fourth-order valence-electron chi connectivity index (χ4n) is 1.17. The van der Waals surface area contributed by atoms with Gasteiger partial charge in [0, 0.05) is 4.88 Å². The summed E-state index contributed by atoms with van der Waals surface area (Å²) in [6, 6.07) is 3.70. The van der Waals surface area contributed by atoms with Crippen molar-refractivity contribution >= 4 is 18.9 Å². The van der Waals surface area contributed by atoms with E-state index in [-0.39, 0.29) is 0 Å². The molecular weight excluding hydrogens is 233 g/mol.